The van der Waals surface area contributed by atoms with Crippen LogP contribution in [0.2, 0.25) is 0 Å². The zero-order valence-corrected chi connectivity index (χ0v) is 6.40. The van der Waals surface area contributed by atoms with Gasteiger partial charge in [0.1, 0.15) is 0 Å². The molecule has 0 bridgehead atoms. The standard InChI is InChI=1S/C8H16N2/c1-2-4-9-6-8-7(3-1)5-10-8/h7-10H,1-6H2. The third-order valence-electron chi connectivity index (χ3n) is 2.75. The van der Waals surface area contributed by atoms with Gasteiger partial charge < -0.3 is 10.6 Å². The quantitative estimate of drug-likeness (QED) is 0.507. The van der Waals surface area contributed by atoms with E-state index in [1.54, 1.807) is 0 Å². The summed E-state index contributed by atoms with van der Waals surface area (Å²) in [6.45, 7) is 3.70. The smallest absolute Gasteiger partial charge is 0.0232 e. The van der Waals surface area contributed by atoms with Gasteiger partial charge in [-0.25, -0.2) is 0 Å². The Labute approximate surface area is 62.4 Å². The van der Waals surface area contributed by atoms with E-state index >= 15 is 0 Å². The van der Waals surface area contributed by atoms with E-state index < -0.39 is 0 Å². The Morgan fingerprint density at radius 2 is 2.10 bits per heavy atom. The summed E-state index contributed by atoms with van der Waals surface area (Å²) in [7, 11) is 0. The molecule has 0 aromatic rings. The topological polar surface area (TPSA) is 24.1 Å². The molecule has 0 aliphatic carbocycles. The van der Waals surface area contributed by atoms with Crippen LogP contribution in [0, 0.1) is 5.92 Å². The van der Waals surface area contributed by atoms with Crippen LogP contribution < -0.4 is 10.6 Å². The van der Waals surface area contributed by atoms with Crippen LogP contribution in [0.1, 0.15) is 19.3 Å². The predicted octanol–water partition coefficient (Wildman–Crippen LogP) is 0.348. The van der Waals surface area contributed by atoms with Gasteiger partial charge >= 0.3 is 0 Å². The Kier molecular flexibility index (Phi) is 1.91. The third-order valence-corrected chi connectivity index (χ3v) is 2.75. The summed E-state index contributed by atoms with van der Waals surface area (Å²) in [5.74, 6) is 0.993. The molecule has 0 aromatic heterocycles. The van der Waals surface area contributed by atoms with Gasteiger partial charge in [-0.2, -0.15) is 0 Å². The lowest BCUT2D eigenvalue weighted by molar-refractivity contribution is 0.197. The molecule has 0 spiro atoms. The van der Waals surface area contributed by atoms with Crippen molar-refractivity contribution in [2.75, 3.05) is 19.6 Å². The lowest BCUT2D eigenvalue weighted by Gasteiger charge is -2.39. The highest BCUT2D eigenvalue weighted by molar-refractivity contribution is 4.90. The first kappa shape index (κ1) is 6.62. The average Bonchev–Trinajstić information content (AvgIpc) is 1.89. The number of nitrogens with one attached hydrogen (secondary N) is 2. The van der Waals surface area contributed by atoms with Crippen molar-refractivity contribution in [1.82, 2.24) is 10.6 Å². The molecule has 2 unspecified atom stereocenters. The molecule has 2 nitrogen and oxygen atoms in total. The first-order chi connectivity index (χ1) is 4.97. The van der Waals surface area contributed by atoms with Crippen molar-refractivity contribution in [1.29, 1.82) is 0 Å². The molecular weight excluding hydrogens is 124 g/mol. The molecular formula is C8H16N2. The molecule has 10 heavy (non-hydrogen) atoms. The van der Waals surface area contributed by atoms with Crippen LogP contribution in [0.25, 0.3) is 0 Å². The molecule has 0 amide bonds. The minimum absolute atomic E-state index is 0.806. The third kappa shape index (κ3) is 1.18. The predicted molar refractivity (Wildman–Crippen MR) is 42.0 cm³/mol. The molecule has 2 aliphatic heterocycles. The lowest BCUT2D eigenvalue weighted by atomic mass is 9.86. The van der Waals surface area contributed by atoms with E-state index in [1.807, 2.05) is 0 Å². The van der Waals surface area contributed by atoms with Gasteiger partial charge in [0.25, 0.3) is 0 Å². The Bertz CT molecular complexity index is 99.8. The number of hydrogen-bond acceptors (Lipinski definition) is 2. The summed E-state index contributed by atoms with van der Waals surface area (Å²) >= 11 is 0. The molecule has 0 saturated carbocycles. The maximum atomic E-state index is 3.46. The molecule has 58 valence electrons. The van der Waals surface area contributed by atoms with Gasteiger partial charge in [0, 0.05) is 12.6 Å². The molecule has 2 heterocycles. The molecule has 0 radical (unpaired) electrons. The van der Waals surface area contributed by atoms with Crippen LogP contribution >= 0.6 is 0 Å². The van der Waals surface area contributed by atoms with Gasteiger partial charge in [-0.15, -0.1) is 0 Å². The van der Waals surface area contributed by atoms with Crippen molar-refractivity contribution in [2.24, 2.45) is 5.92 Å². The van der Waals surface area contributed by atoms with Gasteiger partial charge in [-0.05, 0) is 31.8 Å². The minimum Gasteiger partial charge on any atom is -0.315 e. The fraction of sp³-hybridized carbons (Fsp3) is 1.00. The number of fused-ring (bicyclic) bond motifs is 1. The van der Waals surface area contributed by atoms with E-state index in [4.69, 9.17) is 0 Å². The van der Waals surface area contributed by atoms with Gasteiger partial charge in [-0.3, -0.25) is 0 Å². The second-order valence-corrected chi connectivity index (χ2v) is 3.47. The van der Waals surface area contributed by atoms with E-state index in [-0.39, 0.29) is 0 Å². The van der Waals surface area contributed by atoms with Crippen LogP contribution in [0.4, 0.5) is 0 Å². The molecule has 2 atom stereocenters. The molecule has 2 fully saturated rings. The van der Waals surface area contributed by atoms with Crippen molar-refractivity contribution < 1.29 is 0 Å². The molecule has 2 heteroatoms. The highest BCUT2D eigenvalue weighted by Crippen LogP contribution is 2.20. The highest BCUT2D eigenvalue weighted by atomic mass is 15.1. The molecule has 0 aromatic carbocycles. The number of rotatable bonds is 0. The van der Waals surface area contributed by atoms with E-state index in [9.17, 15) is 0 Å². The Morgan fingerprint density at radius 1 is 1.10 bits per heavy atom. The summed E-state index contributed by atoms with van der Waals surface area (Å²) in [5, 5.41) is 6.91. The normalized spacial score (nSPS) is 40.8. The van der Waals surface area contributed by atoms with Crippen LogP contribution in [-0.4, -0.2) is 25.7 Å². The fourth-order valence-corrected chi connectivity index (χ4v) is 1.91. The van der Waals surface area contributed by atoms with Gasteiger partial charge in [0.2, 0.25) is 0 Å². The van der Waals surface area contributed by atoms with Crippen molar-refractivity contribution in [2.45, 2.75) is 25.3 Å². The zero-order valence-electron chi connectivity index (χ0n) is 6.40. The summed E-state index contributed by atoms with van der Waals surface area (Å²) in [6.07, 6.45) is 4.26. The molecule has 2 aliphatic rings. The van der Waals surface area contributed by atoms with Gasteiger partial charge in [-0.1, -0.05) is 6.42 Å². The van der Waals surface area contributed by atoms with E-state index in [0.717, 1.165) is 12.0 Å². The summed E-state index contributed by atoms with van der Waals surface area (Å²) in [4.78, 5) is 0. The second-order valence-electron chi connectivity index (χ2n) is 3.47. The van der Waals surface area contributed by atoms with Gasteiger partial charge in [0.05, 0.1) is 0 Å². The SMILES string of the molecule is C1CCC2CNC2CNC1. The van der Waals surface area contributed by atoms with Crippen LogP contribution in [0.3, 0.4) is 0 Å². The maximum absolute atomic E-state index is 3.46. The Hall–Kier alpha value is -0.0800. The Balaban J connectivity index is 1.83. The summed E-state index contributed by atoms with van der Waals surface area (Å²) in [6, 6.07) is 0.806. The fourth-order valence-electron chi connectivity index (χ4n) is 1.91. The average molecular weight is 140 g/mol. The van der Waals surface area contributed by atoms with E-state index in [2.05, 4.69) is 10.6 Å². The molecule has 2 rings (SSSR count). The van der Waals surface area contributed by atoms with E-state index in [1.165, 1.54) is 38.9 Å². The maximum Gasteiger partial charge on any atom is 0.0232 e. The summed E-state index contributed by atoms with van der Waals surface area (Å²) < 4.78 is 0. The van der Waals surface area contributed by atoms with Crippen molar-refractivity contribution in [3.05, 3.63) is 0 Å². The van der Waals surface area contributed by atoms with Gasteiger partial charge in [0.15, 0.2) is 0 Å². The summed E-state index contributed by atoms with van der Waals surface area (Å²) in [5.41, 5.74) is 0. The lowest BCUT2D eigenvalue weighted by Crippen LogP contribution is -2.58. The van der Waals surface area contributed by atoms with Crippen LogP contribution in [0.5, 0.6) is 0 Å². The van der Waals surface area contributed by atoms with Crippen molar-refractivity contribution in [3.8, 4) is 0 Å². The second kappa shape index (κ2) is 2.89. The first-order valence-electron chi connectivity index (χ1n) is 4.41. The molecule has 2 N–H and O–H groups in total. The Morgan fingerprint density at radius 3 is 2.90 bits per heavy atom. The monoisotopic (exact) mass is 140 g/mol. The highest BCUT2D eigenvalue weighted by Gasteiger charge is 2.29. The number of hydrogen-bond donors (Lipinski definition) is 2. The van der Waals surface area contributed by atoms with E-state index in [0.29, 0.717) is 0 Å². The zero-order chi connectivity index (χ0) is 6.81. The van der Waals surface area contributed by atoms with Crippen LogP contribution in [-0.2, 0) is 0 Å². The minimum atomic E-state index is 0.806. The van der Waals surface area contributed by atoms with Crippen molar-refractivity contribution in [3.63, 3.8) is 0 Å². The largest absolute Gasteiger partial charge is 0.315 e. The first-order valence-corrected chi connectivity index (χ1v) is 4.41. The van der Waals surface area contributed by atoms with Crippen molar-refractivity contribution >= 4 is 0 Å². The molecule has 2 saturated heterocycles. The van der Waals surface area contributed by atoms with Crippen LogP contribution in [0.15, 0.2) is 0 Å².